The van der Waals surface area contributed by atoms with Gasteiger partial charge in [-0.05, 0) is 0 Å². The molecule has 139 valence electrons. The summed E-state index contributed by atoms with van der Waals surface area (Å²) < 4.78 is 182. The molecule has 0 rings (SSSR count). The van der Waals surface area contributed by atoms with Crippen LogP contribution in [0.15, 0.2) is 0 Å². The van der Waals surface area contributed by atoms with Crippen molar-refractivity contribution in [1.29, 1.82) is 0 Å². The molecule has 0 saturated carbocycles. The Kier molecular flexibility index (Phi) is 4.72. The lowest BCUT2D eigenvalue weighted by Gasteiger charge is -2.40. The molecule has 16 heteroatoms. The van der Waals surface area contributed by atoms with Gasteiger partial charge >= 0.3 is 41.9 Å². The number of rotatable bonds is 4. The van der Waals surface area contributed by atoms with Crippen molar-refractivity contribution in [3.05, 3.63) is 0 Å². The highest BCUT2D eigenvalue weighted by molar-refractivity contribution is 5.11. The second kappa shape index (κ2) is 4.95. The lowest BCUT2D eigenvalue weighted by molar-refractivity contribution is -0.482. The third kappa shape index (κ3) is 2.67. The van der Waals surface area contributed by atoms with Crippen LogP contribution in [-0.4, -0.2) is 41.9 Å². The van der Waals surface area contributed by atoms with E-state index in [1.54, 1.807) is 0 Å². The highest BCUT2D eigenvalue weighted by atomic mass is 19.4. The molecular weight excluding hydrogens is 385 g/mol. The fourth-order valence-corrected chi connectivity index (χ4v) is 0.952. The SMILES string of the molecule is [O]C(F)(C(F)(F)F)C(F)(F)C(F)(F)C(F)(F)C(F)(F)C(F)(F)F. The maximum Gasteiger partial charge on any atom is 0.460 e. The molecule has 0 aliphatic heterocycles. The second-order valence-corrected chi connectivity index (χ2v) is 3.89. The summed E-state index contributed by atoms with van der Waals surface area (Å²) >= 11 is 0. The molecule has 1 nitrogen and oxygen atoms in total. The third-order valence-corrected chi connectivity index (χ3v) is 2.31. The van der Waals surface area contributed by atoms with E-state index >= 15 is 0 Å². The Balaban J connectivity index is 6.37. The summed E-state index contributed by atoms with van der Waals surface area (Å²) in [5.74, 6) is -40.7. The molecule has 0 spiro atoms. The highest BCUT2D eigenvalue weighted by Crippen LogP contribution is 2.61. The minimum absolute atomic E-state index is 7.55. The molecule has 0 N–H and O–H groups in total. The smallest absolute Gasteiger partial charge is 0.192 e. The molecule has 0 aromatic heterocycles. The van der Waals surface area contributed by atoms with E-state index in [4.69, 9.17) is 0 Å². The molecule has 0 fully saturated rings. The first-order valence-electron chi connectivity index (χ1n) is 4.54. The lowest BCUT2D eigenvalue weighted by Crippen LogP contribution is -2.72. The van der Waals surface area contributed by atoms with E-state index in [0.717, 1.165) is 0 Å². The first-order chi connectivity index (χ1) is 9.50. The van der Waals surface area contributed by atoms with Gasteiger partial charge in [0.2, 0.25) is 0 Å². The van der Waals surface area contributed by atoms with Crippen LogP contribution in [0.1, 0.15) is 0 Å². The van der Waals surface area contributed by atoms with E-state index < -0.39 is 41.9 Å². The third-order valence-electron chi connectivity index (χ3n) is 2.31. The van der Waals surface area contributed by atoms with E-state index in [1.165, 1.54) is 0 Å². The predicted molar refractivity (Wildman–Crippen MR) is 36.4 cm³/mol. The number of halogens is 15. The molecule has 0 bridgehead atoms. The molecule has 0 aromatic rings. The van der Waals surface area contributed by atoms with Crippen LogP contribution in [0.25, 0.3) is 0 Å². The first-order valence-corrected chi connectivity index (χ1v) is 4.54. The molecular formula is C7F15O. The van der Waals surface area contributed by atoms with Crippen molar-refractivity contribution in [1.82, 2.24) is 0 Å². The van der Waals surface area contributed by atoms with Gasteiger partial charge in [0.15, 0.2) is 0 Å². The normalized spacial score (nSPS) is 18.8. The van der Waals surface area contributed by atoms with Crippen LogP contribution in [-0.2, 0) is 5.11 Å². The summed E-state index contributed by atoms with van der Waals surface area (Å²) in [6.07, 6.45) is -15.2. The van der Waals surface area contributed by atoms with E-state index in [0.29, 0.717) is 0 Å². The monoisotopic (exact) mass is 385 g/mol. The largest absolute Gasteiger partial charge is 0.460 e. The zero-order valence-corrected chi connectivity index (χ0v) is 9.58. The Morgan fingerprint density at radius 1 is 0.348 bits per heavy atom. The molecule has 0 aromatic carbocycles. The number of hydrogen-bond acceptors (Lipinski definition) is 0. The lowest BCUT2D eigenvalue weighted by atomic mass is 9.93. The van der Waals surface area contributed by atoms with Gasteiger partial charge in [0, 0.05) is 0 Å². The molecule has 0 aliphatic carbocycles. The Morgan fingerprint density at radius 3 is 0.826 bits per heavy atom. The summed E-state index contributed by atoms with van der Waals surface area (Å²) in [4.78, 5) is 0. The fraction of sp³-hybridized carbons (Fsp3) is 1.00. The average molecular weight is 385 g/mol. The summed E-state index contributed by atoms with van der Waals surface area (Å²) in [5, 5.41) is 9.93. The Labute approximate surface area is 114 Å². The molecule has 23 heavy (non-hydrogen) atoms. The van der Waals surface area contributed by atoms with Gasteiger partial charge < -0.3 is 0 Å². The van der Waals surface area contributed by atoms with E-state index in [2.05, 4.69) is 0 Å². The van der Waals surface area contributed by atoms with Crippen LogP contribution in [0.5, 0.6) is 0 Å². The Bertz CT molecular complexity index is 400. The van der Waals surface area contributed by atoms with Crippen molar-refractivity contribution in [2.24, 2.45) is 0 Å². The fourth-order valence-electron chi connectivity index (χ4n) is 0.952. The predicted octanol–water partition coefficient (Wildman–Crippen LogP) is 4.75. The van der Waals surface area contributed by atoms with Crippen molar-refractivity contribution >= 4 is 0 Å². The van der Waals surface area contributed by atoms with Gasteiger partial charge in [-0.3, -0.25) is 0 Å². The van der Waals surface area contributed by atoms with Gasteiger partial charge in [-0.1, -0.05) is 0 Å². The van der Waals surface area contributed by atoms with Gasteiger partial charge in [-0.15, -0.1) is 0 Å². The topological polar surface area (TPSA) is 19.9 Å². The van der Waals surface area contributed by atoms with Crippen LogP contribution < -0.4 is 0 Å². The molecule has 0 saturated heterocycles. The quantitative estimate of drug-likeness (QED) is 0.623. The summed E-state index contributed by atoms with van der Waals surface area (Å²) in [6, 6.07) is 0. The van der Waals surface area contributed by atoms with E-state index in [-0.39, 0.29) is 0 Å². The first kappa shape index (κ1) is 21.9. The minimum atomic E-state index is -8.37. The summed E-state index contributed by atoms with van der Waals surface area (Å²) in [5.41, 5.74) is 0. The van der Waals surface area contributed by atoms with Gasteiger partial charge in [0.25, 0.3) is 0 Å². The van der Waals surface area contributed by atoms with Crippen LogP contribution in [0.3, 0.4) is 0 Å². The van der Waals surface area contributed by atoms with Crippen LogP contribution in [0.2, 0.25) is 0 Å². The van der Waals surface area contributed by atoms with E-state index in [1.807, 2.05) is 0 Å². The van der Waals surface area contributed by atoms with Gasteiger partial charge in [0.05, 0.1) is 0 Å². The molecule has 1 radical (unpaired) electrons. The second-order valence-electron chi connectivity index (χ2n) is 3.89. The average Bonchev–Trinajstić information content (AvgIpc) is 2.24. The Morgan fingerprint density at radius 2 is 0.609 bits per heavy atom. The standard InChI is InChI=1S/C7F15O/c8-1(9,2(10,11)4(14,15)6(17,18)19)3(12,13)5(16,23)7(20,21)22. The molecule has 1 atom stereocenters. The van der Waals surface area contributed by atoms with Gasteiger partial charge in [0.1, 0.15) is 0 Å². The molecule has 0 amide bonds. The number of hydrogen-bond donors (Lipinski definition) is 0. The zero-order chi connectivity index (χ0) is 19.5. The van der Waals surface area contributed by atoms with Crippen molar-refractivity contribution in [3.63, 3.8) is 0 Å². The summed E-state index contributed by atoms with van der Waals surface area (Å²) in [6.45, 7) is 0. The maximum absolute atomic E-state index is 12.6. The van der Waals surface area contributed by atoms with Crippen LogP contribution >= 0.6 is 0 Å². The van der Waals surface area contributed by atoms with Crippen molar-refractivity contribution in [3.8, 4) is 0 Å². The maximum atomic E-state index is 12.6. The van der Waals surface area contributed by atoms with Crippen molar-refractivity contribution in [2.75, 3.05) is 0 Å². The van der Waals surface area contributed by atoms with E-state index in [9.17, 15) is 71.0 Å². The highest BCUT2D eigenvalue weighted by Gasteiger charge is 2.93. The minimum Gasteiger partial charge on any atom is -0.192 e. The van der Waals surface area contributed by atoms with Crippen molar-refractivity contribution in [2.45, 2.75) is 41.9 Å². The Hall–Kier alpha value is -1.09. The van der Waals surface area contributed by atoms with Gasteiger partial charge in [-0.25, -0.2) is 0 Å². The van der Waals surface area contributed by atoms with Gasteiger partial charge in [-0.2, -0.15) is 71.0 Å². The van der Waals surface area contributed by atoms with Crippen LogP contribution in [0.4, 0.5) is 65.9 Å². The molecule has 1 unspecified atom stereocenters. The van der Waals surface area contributed by atoms with Crippen molar-refractivity contribution < 1.29 is 71.0 Å². The molecule has 0 aliphatic rings. The summed E-state index contributed by atoms with van der Waals surface area (Å²) in [7, 11) is 0. The number of alkyl halides is 15. The zero-order valence-electron chi connectivity index (χ0n) is 9.58. The van der Waals surface area contributed by atoms with Crippen LogP contribution in [0, 0.1) is 0 Å². The molecule has 0 heterocycles.